The molecule has 2 fully saturated rings. The van der Waals surface area contributed by atoms with Crippen molar-refractivity contribution in [3.05, 3.63) is 47.5 Å². The molecule has 2 aromatic carbocycles. The summed E-state index contributed by atoms with van der Waals surface area (Å²) in [7, 11) is 0. The predicted molar refractivity (Wildman–Crippen MR) is 154 cm³/mol. The lowest BCUT2D eigenvalue weighted by Crippen LogP contribution is -2.42. The summed E-state index contributed by atoms with van der Waals surface area (Å²) in [6.07, 6.45) is 9.51. The maximum absolute atomic E-state index is 13.6. The number of nitrogens with zero attached hydrogens (tertiary/aromatic N) is 3. The van der Waals surface area contributed by atoms with Gasteiger partial charge in [0.2, 0.25) is 5.91 Å². The van der Waals surface area contributed by atoms with Crippen LogP contribution in [-0.2, 0) is 11.3 Å². The number of benzene rings is 2. The molecule has 0 bridgehead atoms. The van der Waals surface area contributed by atoms with Crippen LogP contribution in [0.15, 0.2) is 36.4 Å². The van der Waals surface area contributed by atoms with E-state index in [9.17, 15) is 14.7 Å². The van der Waals surface area contributed by atoms with Gasteiger partial charge in [-0.3, -0.25) is 9.69 Å². The summed E-state index contributed by atoms with van der Waals surface area (Å²) in [5.41, 5.74) is 5.54. The summed E-state index contributed by atoms with van der Waals surface area (Å²) in [5, 5.41) is 10.9. The van der Waals surface area contributed by atoms with Gasteiger partial charge in [0, 0.05) is 23.0 Å². The van der Waals surface area contributed by atoms with E-state index in [4.69, 9.17) is 4.74 Å². The Morgan fingerprint density at radius 3 is 2.51 bits per heavy atom. The first-order valence-electron chi connectivity index (χ1n) is 14.7. The molecule has 3 aliphatic rings. The van der Waals surface area contributed by atoms with E-state index in [1.807, 2.05) is 36.1 Å². The number of aromatic carboxylic acids is 1. The summed E-state index contributed by atoms with van der Waals surface area (Å²) in [5.74, 6) is 0.388. The second-order valence-corrected chi connectivity index (χ2v) is 11.3. The topological polar surface area (TPSA) is 75.0 Å². The van der Waals surface area contributed by atoms with Gasteiger partial charge in [-0.1, -0.05) is 37.8 Å². The summed E-state index contributed by atoms with van der Waals surface area (Å²) in [4.78, 5) is 29.6. The van der Waals surface area contributed by atoms with E-state index in [-0.39, 0.29) is 5.91 Å². The van der Waals surface area contributed by atoms with E-state index in [0.29, 0.717) is 37.7 Å². The van der Waals surface area contributed by atoms with Crippen LogP contribution in [0.3, 0.4) is 0 Å². The van der Waals surface area contributed by atoms with Gasteiger partial charge < -0.3 is 19.3 Å². The fraction of sp³-hybridized carbons (Fsp3) is 0.500. The van der Waals surface area contributed by atoms with Crippen molar-refractivity contribution in [1.82, 2.24) is 9.47 Å². The fourth-order valence-electron chi connectivity index (χ4n) is 7.03. The molecule has 39 heavy (non-hydrogen) atoms. The third kappa shape index (κ3) is 4.82. The number of anilines is 1. The van der Waals surface area contributed by atoms with E-state index in [1.54, 1.807) is 6.07 Å². The Hall–Kier alpha value is -3.32. The third-order valence-corrected chi connectivity index (χ3v) is 8.89. The van der Waals surface area contributed by atoms with E-state index < -0.39 is 5.97 Å². The second kappa shape index (κ2) is 11.0. The molecule has 3 aromatic rings. The van der Waals surface area contributed by atoms with Crippen LogP contribution in [0.5, 0.6) is 5.75 Å². The smallest absolute Gasteiger partial charge is 0.335 e. The van der Waals surface area contributed by atoms with E-state index in [0.717, 1.165) is 72.4 Å². The Bertz CT molecular complexity index is 1380. The Morgan fingerprint density at radius 1 is 1.00 bits per heavy atom. The number of piperidine rings is 1. The van der Waals surface area contributed by atoms with Crippen LogP contribution >= 0.6 is 0 Å². The molecule has 1 aliphatic carbocycles. The standard InChI is InChI=1S/C32H39N3O4/c1-2-34(28(36)21-33-16-7-4-8-17-33)26-13-9-12-25-30-29(22-10-5-3-6-11-22)24-15-14-23(32(37)38)20-27(24)35(30)18-19-39-31(25)26/h9,12-15,20,22H,2-8,10-11,16-19,21H2,1H3,(H,37,38). The number of carboxylic acids is 1. The van der Waals surface area contributed by atoms with Crippen molar-refractivity contribution < 1.29 is 19.4 Å². The zero-order valence-electron chi connectivity index (χ0n) is 23.0. The quantitative estimate of drug-likeness (QED) is 0.406. The summed E-state index contributed by atoms with van der Waals surface area (Å²) >= 11 is 0. The van der Waals surface area contributed by atoms with Gasteiger partial charge in [0.15, 0.2) is 5.75 Å². The molecule has 0 unspecified atom stereocenters. The average molecular weight is 530 g/mol. The molecule has 6 rings (SSSR count). The molecule has 1 amide bonds. The number of likely N-dealkylation sites (tertiary alicyclic amines) is 1. The number of hydrogen-bond acceptors (Lipinski definition) is 4. The number of carbonyl (C=O) groups excluding carboxylic acids is 1. The molecule has 0 spiro atoms. The van der Waals surface area contributed by atoms with Gasteiger partial charge in [0.25, 0.3) is 0 Å². The highest BCUT2D eigenvalue weighted by Crippen LogP contribution is 2.49. The number of amides is 1. The molecule has 1 saturated carbocycles. The lowest BCUT2D eigenvalue weighted by Gasteiger charge is -2.30. The number of rotatable bonds is 6. The van der Waals surface area contributed by atoms with Crippen molar-refractivity contribution in [2.24, 2.45) is 0 Å². The van der Waals surface area contributed by atoms with Crippen molar-refractivity contribution in [3.8, 4) is 17.0 Å². The van der Waals surface area contributed by atoms with E-state index in [1.165, 1.54) is 31.2 Å². The maximum Gasteiger partial charge on any atom is 0.335 e. The zero-order chi connectivity index (χ0) is 26.9. The van der Waals surface area contributed by atoms with Gasteiger partial charge in [-0.05, 0) is 81.4 Å². The number of carbonyl (C=O) groups is 2. The highest BCUT2D eigenvalue weighted by atomic mass is 16.5. The van der Waals surface area contributed by atoms with Crippen molar-refractivity contribution in [1.29, 1.82) is 0 Å². The van der Waals surface area contributed by atoms with Gasteiger partial charge in [0.05, 0.1) is 30.0 Å². The average Bonchev–Trinajstić information content (AvgIpc) is 3.15. The largest absolute Gasteiger partial charge is 0.489 e. The molecular weight excluding hydrogens is 490 g/mol. The van der Waals surface area contributed by atoms with E-state index in [2.05, 4.69) is 15.5 Å². The van der Waals surface area contributed by atoms with Crippen LogP contribution in [0.1, 0.15) is 80.1 Å². The van der Waals surface area contributed by atoms with Crippen LogP contribution in [0.2, 0.25) is 0 Å². The molecule has 7 nitrogen and oxygen atoms in total. The number of carboxylic acid groups (broad SMARTS) is 1. The Kier molecular flexibility index (Phi) is 7.34. The molecule has 0 atom stereocenters. The van der Waals surface area contributed by atoms with Crippen LogP contribution in [0, 0.1) is 0 Å². The third-order valence-electron chi connectivity index (χ3n) is 8.89. The van der Waals surface area contributed by atoms with E-state index >= 15 is 0 Å². The second-order valence-electron chi connectivity index (χ2n) is 11.3. The molecule has 1 saturated heterocycles. The Labute approximate surface area is 230 Å². The normalized spacial score (nSPS) is 18.2. The number of fused-ring (bicyclic) bond motifs is 5. The number of hydrogen-bond donors (Lipinski definition) is 1. The van der Waals surface area contributed by atoms with Crippen molar-refractivity contribution in [3.63, 3.8) is 0 Å². The van der Waals surface area contributed by atoms with Crippen molar-refractivity contribution in [2.75, 3.05) is 37.7 Å². The SMILES string of the molecule is CCN(C(=O)CN1CCCCC1)c1cccc2c1OCCn1c-2c(C2CCCCC2)c2ccc(C(=O)O)cc21. The van der Waals surface area contributed by atoms with Gasteiger partial charge in [-0.15, -0.1) is 0 Å². The van der Waals surface area contributed by atoms with Crippen LogP contribution in [-0.4, -0.2) is 59.2 Å². The van der Waals surface area contributed by atoms with Crippen LogP contribution < -0.4 is 9.64 Å². The highest BCUT2D eigenvalue weighted by molar-refractivity contribution is 6.01. The predicted octanol–water partition coefficient (Wildman–Crippen LogP) is 6.29. The number of ether oxygens (including phenoxy) is 1. The van der Waals surface area contributed by atoms with Crippen LogP contribution in [0.4, 0.5) is 5.69 Å². The molecule has 7 heteroatoms. The summed E-state index contributed by atoms with van der Waals surface area (Å²) in [6, 6.07) is 11.7. The molecule has 0 radical (unpaired) electrons. The zero-order valence-corrected chi connectivity index (χ0v) is 23.0. The number of likely N-dealkylation sites (N-methyl/N-ethyl adjacent to an activating group) is 1. The lowest BCUT2D eigenvalue weighted by atomic mass is 9.81. The number of para-hydroxylation sites is 1. The van der Waals surface area contributed by atoms with Gasteiger partial charge >= 0.3 is 5.97 Å². The Morgan fingerprint density at radius 2 is 1.77 bits per heavy atom. The number of aromatic nitrogens is 1. The molecule has 2 aliphatic heterocycles. The molecular formula is C32H39N3O4. The highest BCUT2D eigenvalue weighted by Gasteiger charge is 2.32. The molecule has 206 valence electrons. The van der Waals surface area contributed by atoms with Gasteiger partial charge in [-0.25, -0.2) is 4.79 Å². The Balaban J connectivity index is 1.49. The monoisotopic (exact) mass is 529 g/mol. The molecule has 3 heterocycles. The minimum atomic E-state index is -0.912. The lowest BCUT2D eigenvalue weighted by molar-refractivity contribution is -0.119. The summed E-state index contributed by atoms with van der Waals surface area (Å²) in [6.45, 7) is 6.09. The van der Waals surface area contributed by atoms with Crippen LogP contribution in [0.25, 0.3) is 22.2 Å². The van der Waals surface area contributed by atoms with Crippen molar-refractivity contribution >= 4 is 28.5 Å². The minimum Gasteiger partial charge on any atom is -0.489 e. The first kappa shape index (κ1) is 25.9. The first-order valence-corrected chi connectivity index (χ1v) is 14.7. The first-order chi connectivity index (χ1) is 19.1. The van der Waals surface area contributed by atoms with Crippen molar-refractivity contribution in [2.45, 2.75) is 70.8 Å². The molecule has 1 aromatic heterocycles. The maximum atomic E-state index is 13.6. The minimum absolute atomic E-state index is 0.111. The van der Waals surface area contributed by atoms with Gasteiger partial charge in [0.1, 0.15) is 6.61 Å². The molecule has 1 N–H and O–H groups in total. The summed E-state index contributed by atoms with van der Waals surface area (Å²) < 4.78 is 8.74. The fourth-order valence-corrected chi connectivity index (χ4v) is 7.03. The van der Waals surface area contributed by atoms with Gasteiger partial charge in [-0.2, -0.15) is 0 Å².